The standard InChI is InChI=1S/C21H21NO4/c1-13(2)14-8-10-15(11-9-14)20-22-17(21(23)26-20)12-16-6-5-7-18(24-3)19(16)25-4/h5-13H,1-4H3/b17-12-. The van der Waals surface area contributed by atoms with Crippen molar-refractivity contribution >= 4 is 17.9 Å². The minimum Gasteiger partial charge on any atom is -0.493 e. The van der Waals surface area contributed by atoms with Crippen LogP contribution < -0.4 is 9.47 Å². The monoisotopic (exact) mass is 351 g/mol. The Morgan fingerprint density at radius 1 is 1.04 bits per heavy atom. The second-order valence-electron chi connectivity index (χ2n) is 6.20. The van der Waals surface area contributed by atoms with Crippen LogP contribution >= 0.6 is 0 Å². The summed E-state index contributed by atoms with van der Waals surface area (Å²) in [6, 6.07) is 13.3. The van der Waals surface area contributed by atoms with Gasteiger partial charge >= 0.3 is 5.97 Å². The van der Waals surface area contributed by atoms with Crippen LogP contribution in [-0.4, -0.2) is 26.1 Å². The Bertz CT molecular complexity index is 879. The fraction of sp³-hybridized carbons (Fsp3) is 0.238. The van der Waals surface area contributed by atoms with E-state index in [9.17, 15) is 4.79 Å². The van der Waals surface area contributed by atoms with Crippen molar-refractivity contribution in [3.8, 4) is 11.5 Å². The van der Waals surface area contributed by atoms with Crippen LogP contribution in [0.4, 0.5) is 0 Å². The number of carbonyl (C=O) groups excluding carboxylic acids is 1. The number of esters is 1. The number of aliphatic imine (C=N–C) groups is 1. The molecule has 134 valence electrons. The minimum absolute atomic E-state index is 0.222. The zero-order chi connectivity index (χ0) is 18.7. The van der Waals surface area contributed by atoms with Crippen molar-refractivity contribution in [3.63, 3.8) is 0 Å². The number of carbonyl (C=O) groups is 1. The quantitative estimate of drug-likeness (QED) is 0.599. The largest absolute Gasteiger partial charge is 0.493 e. The molecule has 0 saturated heterocycles. The van der Waals surface area contributed by atoms with E-state index in [1.807, 2.05) is 36.4 Å². The number of cyclic esters (lactones) is 1. The third kappa shape index (κ3) is 3.47. The Balaban J connectivity index is 1.94. The van der Waals surface area contributed by atoms with Crippen molar-refractivity contribution in [2.75, 3.05) is 14.2 Å². The number of benzene rings is 2. The maximum atomic E-state index is 12.2. The van der Waals surface area contributed by atoms with Crippen molar-refractivity contribution in [1.29, 1.82) is 0 Å². The van der Waals surface area contributed by atoms with E-state index >= 15 is 0 Å². The molecule has 0 aromatic heterocycles. The van der Waals surface area contributed by atoms with Gasteiger partial charge in [-0.3, -0.25) is 0 Å². The summed E-state index contributed by atoms with van der Waals surface area (Å²) in [5.74, 6) is 1.38. The van der Waals surface area contributed by atoms with E-state index in [1.54, 1.807) is 26.4 Å². The molecule has 0 unspecified atom stereocenters. The highest BCUT2D eigenvalue weighted by Crippen LogP contribution is 2.33. The first-order valence-corrected chi connectivity index (χ1v) is 8.37. The van der Waals surface area contributed by atoms with Crippen LogP contribution in [0.3, 0.4) is 0 Å². The van der Waals surface area contributed by atoms with E-state index in [-0.39, 0.29) is 5.70 Å². The summed E-state index contributed by atoms with van der Waals surface area (Å²) in [7, 11) is 3.12. The highest BCUT2D eigenvalue weighted by Gasteiger charge is 2.25. The molecule has 2 aromatic carbocycles. The molecule has 0 aliphatic carbocycles. The number of para-hydroxylation sites is 1. The van der Waals surface area contributed by atoms with E-state index in [4.69, 9.17) is 14.2 Å². The Hall–Kier alpha value is -3.08. The minimum atomic E-state index is -0.488. The predicted molar refractivity (Wildman–Crippen MR) is 101 cm³/mol. The SMILES string of the molecule is COc1cccc(/C=C2\N=C(c3ccc(C(C)C)cc3)OC2=O)c1OC. The van der Waals surface area contributed by atoms with Gasteiger partial charge in [-0.15, -0.1) is 0 Å². The highest BCUT2D eigenvalue weighted by atomic mass is 16.6. The Morgan fingerprint density at radius 2 is 1.77 bits per heavy atom. The molecule has 5 heteroatoms. The fourth-order valence-electron chi connectivity index (χ4n) is 2.72. The van der Waals surface area contributed by atoms with Gasteiger partial charge in [0, 0.05) is 11.1 Å². The molecule has 2 aromatic rings. The fourth-order valence-corrected chi connectivity index (χ4v) is 2.72. The number of ether oxygens (including phenoxy) is 3. The summed E-state index contributed by atoms with van der Waals surface area (Å²) in [6.07, 6.45) is 1.64. The molecule has 1 aliphatic heterocycles. The molecular weight excluding hydrogens is 330 g/mol. The third-order valence-corrected chi connectivity index (χ3v) is 4.17. The second-order valence-corrected chi connectivity index (χ2v) is 6.20. The summed E-state index contributed by atoms with van der Waals surface area (Å²) in [4.78, 5) is 16.6. The normalized spacial score (nSPS) is 15.2. The summed E-state index contributed by atoms with van der Waals surface area (Å²) in [5, 5.41) is 0. The van der Waals surface area contributed by atoms with E-state index in [0.29, 0.717) is 28.9 Å². The first kappa shape index (κ1) is 17.7. The summed E-state index contributed by atoms with van der Waals surface area (Å²) < 4.78 is 16.0. The number of hydrogen-bond donors (Lipinski definition) is 0. The third-order valence-electron chi connectivity index (χ3n) is 4.17. The van der Waals surface area contributed by atoms with E-state index in [2.05, 4.69) is 18.8 Å². The van der Waals surface area contributed by atoms with Crippen molar-refractivity contribution < 1.29 is 19.0 Å². The van der Waals surface area contributed by atoms with Gasteiger partial charge in [-0.25, -0.2) is 9.79 Å². The lowest BCUT2D eigenvalue weighted by molar-refractivity contribution is -0.129. The van der Waals surface area contributed by atoms with Crippen LogP contribution in [0.2, 0.25) is 0 Å². The van der Waals surface area contributed by atoms with Gasteiger partial charge in [-0.05, 0) is 35.8 Å². The molecule has 0 radical (unpaired) electrons. The van der Waals surface area contributed by atoms with E-state index in [0.717, 1.165) is 5.56 Å². The molecule has 5 nitrogen and oxygen atoms in total. The smallest absolute Gasteiger partial charge is 0.363 e. The average molecular weight is 351 g/mol. The Morgan fingerprint density at radius 3 is 2.38 bits per heavy atom. The van der Waals surface area contributed by atoms with Crippen LogP contribution in [0.1, 0.15) is 36.5 Å². The first-order chi connectivity index (χ1) is 12.5. The number of nitrogens with zero attached hydrogens (tertiary/aromatic N) is 1. The molecule has 1 aliphatic rings. The van der Waals surface area contributed by atoms with Gasteiger partial charge in [0.05, 0.1) is 14.2 Å². The molecule has 0 spiro atoms. The van der Waals surface area contributed by atoms with Gasteiger partial charge in [-0.2, -0.15) is 0 Å². The first-order valence-electron chi connectivity index (χ1n) is 8.37. The molecule has 1 heterocycles. The summed E-state index contributed by atoms with van der Waals surface area (Å²) >= 11 is 0. The Labute approximate surface area is 152 Å². The topological polar surface area (TPSA) is 57.1 Å². The number of hydrogen-bond acceptors (Lipinski definition) is 5. The van der Waals surface area contributed by atoms with Crippen molar-refractivity contribution in [2.45, 2.75) is 19.8 Å². The maximum absolute atomic E-state index is 12.2. The number of rotatable bonds is 5. The van der Waals surface area contributed by atoms with Gasteiger partial charge in [0.1, 0.15) is 0 Å². The van der Waals surface area contributed by atoms with Gasteiger partial charge in [0.25, 0.3) is 0 Å². The molecule has 0 saturated carbocycles. The van der Waals surface area contributed by atoms with Crippen LogP contribution in [0.5, 0.6) is 11.5 Å². The van der Waals surface area contributed by atoms with Gasteiger partial charge < -0.3 is 14.2 Å². The van der Waals surface area contributed by atoms with Crippen LogP contribution in [0, 0.1) is 0 Å². The second kappa shape index (κ2) is 7.44. The van der Waals surface area contributed by atoms with Crippen molar-refractivity contribution in [2.24, 2.45) is 4.99 Å². The van der Waals surface area contributed by atoms with Gasteiger partial charge in [0.2, 0.25) is 5.90 Å². The molecule has 0 N–H and O–H groups in total. The van der Waals surface area contributed by atoms with Crippen molar-refractivity contribution in [3.05, 3.63) is 64.9 Å². The molecule has 3 rings (SSSR count). The number of methoxy groups -OCH3 is 2. The average Bonchev–Trinajstić information content (AvgIpc) is 3.02. The zero-order valence-electron chi connectivity index (χ0n) is 15.3. The molecular formula is C21H21NO4. The molecule has 0 bridgehead atoms. The predicted octanol–water partition coefficient (Wildman–Crippen LogP) is 4.17. The summed E-state index contributed by atoms with van der Waals surface area (Å²) in [5.41, 5.74) is 2.90. The molecule has 0 atom stereocenters. The van der Waals surface area contributed by atoms with Crippen LogP contribution in [0.25, 0.3) is 6.08 Å². The highest BCUT2D eigenvalue weighted by molar-refractivity contribution is 6.13. The van der Waals surface area contributed by atoms with Gasteiger partial charge in [-0.1, -0.05) is 38.1 Å². The molecule has 0 amide bonds. The summed E-state index contributed by atoms with van der Waals surface area (Å²) in [6.45, 7) is 4.26. The molecule has 0 fully saturated rings. The Kier molecular flexibility index (Phi) is 5.07. The zero-order valence-corrected chi connectivity index (χ0v) is 15.3. The van der Waals surface area contributed by atoms with Crippen molar-refractivity contribution in [1.82, 2.24) is 0 Å². The van der Waals surface area contributed by atoms with E-state index in [1.165, 1.54) is 5.56 Å². The maximum Gasteiger partial charge on any atom is 0.363 e. The van der Waals surface area contributed by atoms with Gasteiger partial charge in [0.15, 0.2) is 17.2 Å². The van der Waals surface area contributed by atoms with E-state index < -0.39 is 5.97 Å². The lowest BCUT2D eigenvalue weighted by Crippen LogP contribution is -2.05. The lowest BCUT2D eigenvalue weighted by atomic mass is 10.0. The lowest BCUT2D eigenvalue weighted by Gasteiger charge is -2.09. The van der Waals surface area contributed by atoms with Crippen LogP contribution in [0.15, 0.2) is 53.2 Å². The molecule has 26 heavy (non-hydrogen) atoms. The van der Waals surface area contributed by atoms with Crippen LogP contribution in [-0.2, 0) is 9.53 Å².